The maximum atomic E-state index is 14.6. The van der Waals surface area contributed by atoms with Gasteiger partial charge in [-0.2, -0.15) is 23.0 Å². The molecule has 0 atom stereocenters. The normalized spacial score (nSPS) is 11.4. The number of aryl methyl sites for hydroxylation is 1. The Labute approximate surface area is 199 Å². The lowest BCUT2D eigenvalue weighted by atomic mass is 10.2. The number of hydrogen-bond acceptors (Lipinski definition) is 7. The van der Waals surface area contributed by atoms with E-state index in [2.05, 4.69) is 25.4 Å². The van der Waals surface area contributed by atoms with Crippen LogP contribution in [0.1, 0.15) is 21.7 Å². The molecule has 3 aromatic heterocycles. The van der Waals surface area contributed by atoms with Gasteiger partial charge in [-0.25, -0.2) is 19.3 Å². The van der Waals surface area contributed by atoms with Crippen LogP contribution in [0.25, 0.3) is 5.95 Å². The minimum absolute atomic E-state index is 0.0227. The second kappa shape index (κ2) is 9.18. The number of anilines is 2. The van der Waals surface area contributed by atoms with Gasteiger partial charge in [0.1, 0.15) is 10.8 Å². The number of ether oxygens (including phenoxy) is 1. The molecule has 35 heavy (non-hydrogen) atoms. The van der Waals surface area contributed by atoms with Crippen LogP contribution in [0, 0.1) is 12.7 Å². The molecule has 3 heterocycles. The number of hydrogen-bond donors (Lipinski definition) is 2. The molecule has 9 nitrogen and oxygen atoms in total. The fourth-order valence-electron chi connectivity index (χ4n) is 2.98. The number of carbonyl (C=O) groups excluding carboxylic acids is 1. The third kappa shape index (κ3) is 4.99. The van der Waals surface area contributed by atoms with E-state index < -0.39 is 29.2 Å². The van der Waals surface area contributed by atoms with Crippen LogP contribution in [0.15, 0.2) is 48.9 Å². The summed E-state index contributed by atoms with van der Waals surface area (Å²) in [7, 11) is 0. The molecule has 4 rings (SSSR count). The lowest BCUT2D eigenvalue weighted by molar-refractivity contribution is -0.143. The van der Waals surface area contributed by atoms with Gasteiger partial charge in [0, 0.05) is 35.9 Å². The lowest BCUT2D eigenvalue weighted by Gasteiger charge is -2.13. The van der Waals surface area contributed by atoms with Crippen molar-refractivity contribution in [1.82, 2.24) is 24.7 Å². The number of aromatic nitrogens is 5. The zero-order valence-corrected chi connectivity index (χ0v) is 18.4. The summed E-state index contributed by atoms with van der Waals surface area (Å²) in [5.41, 5.74) is 3.66. The molecule has 1 aromatic carbocycles. The third-order valence-corrected chi connectivity index (χ3v) is 4.92. The summed E-state index contributed by atoms with van der Waals surface area (Å²) >= 11 is 5.97. The fourth-order valence-corrected chi connectivity index (χ4v) is 3.13. The highest BCUT2D eigenvalue weighted by molar-refractivity contribution is 6.34. The predicted octanol–water partition coefficient (Wildman–Crippen LogP) is 4.80. The first-order valence-electron chi connectivity index (χ1n) is 9.68. The highest BCUT2D eigenvalue weighted by Crippen LogP contribution is 2.35. The van der Waals surface area contributed by atoms with E-state index in [-0.39, 0.29) is 34.0 Å². The molecule has 3 N–H and O–H groups in total. The van der Waals surface area contributed by atoms with Gasteiger partial charge in [0.15, 0.2) is 23.0 Å². The number of amides is 1. The molecule has 0 spiro atoms. The molecule has 1 amide bonds. The van der Waals surface area contributed by atoms with Gasteiger partial charge in [-0.1, -0.05) is 11.6 Å². The zero-order valence-electron chi connectivity index (χ0n) is 17.6. The summed E-state index contributed by atoms with van der Waals surface area (Å²) in [6.07, 6.45) is -1.67. The third-order valence-electron chi connectivity index (χ3n) is 4.54. The average molecular weight is 508 g/mol. The van der Waals surface area contributed by atoms with Gasteiger partial charge in [-0.05, 0) is 25.1 Å². The summed E-state index contributed by atoms with van der Waals surface area (Å²) in [5.74, 6) is -2.71. The van der Waals surface area contributed by atoms with Gasteiger partial charge in [0.25, 0.3) is 11.9 Å². The molecule has 0 unspecified atom stereocenters. The Bertz CT molecular complexity index is 1430. The largest absolute Gasteiger partial charge is 0.453 e. The van der Waals surface area contributed by atoms with Gasteiger partial charge >= 0.3 is 6.18 Å². The smallest absolute Gasteiger partial charge is 0.434 e. The SMILES string of the molecule is Cc1ccnc(-n2ncc(C(=O)Nc3ccc(Oc4ccnc(N)c4Cl)c(F)c3)c2C(F)(F)F)n1. The highest BCUT2D eigenvalue weighted by Gasteiger charge is 2.41. The van der Waals surface area contributed by atoms with Crippen molar-refractivity contribution in [2.75, 3.05) is 11.1 Å². The first kappa shape index (κ1) is 23.9. The number of benzene rings is 1. The van der Waals surface area contributed by atoms with Gasteiger partial charge in [-0.3, -0.25) is 4.79 Å². The summed E-state index contributed by atoms with van der Waals surface area (Å²) < 4.78 is 61.8. The van der Waals surface area contributed by atoms with Gasteiger partial charge < -0.3 is 15.8 Å². The van der Waals surface area contributed by atoms with E-state index in [0.29, 0.717) is 10.4 Å². The summed E-state index contributed by atoms with van der Waals surface area (Å²) in [4.78, 5) is 24.1. The van der Waals surface area contributed by atoms with Crippen LogP contribution in [0.4, 0.5) is 29.1 Å². The van der Waals surface area contributed by atoms with Crippen molar-refractivity contribution >= 4 is 29.0 Å². The van der Waals surface area contributed by atoms with Crippen LogP contribution < -0.4 is 15.8 Å². The average Bonchev–Trinajstić information content (AvgIpc) is 3.25. The maximum Gasteiger partial charge on any atom is 0.434 e. The van der Waals surface area contributed by atoms with Crippen LogP contribution in [0.3, 0.4) is 0 Å². The number of alkyl halides is 3. The van der Waals surface area contributed by atoms with E-state index in [0.717, 1.165) is 18.3 Å². The standard InChI is InChI=1S/C21H14ClF4N7O2/c1-10-4-6-29-20(31-10)33-17(21(24,25)26)12(9-30-33)19(34)32-11-2-3-14(13(23)8-11)35-15-5-7-28-18(27)16(15)22/h2-9H,1H3,(H2,27,28)(H,32,34). The molecular weight excluding hydrogens is 494 g/mol. The quantitative estimate of drug-likeness (QED) is 0.372. The molecule has 0 radical (unpaired) electrons. The van der Waals surface area contributed by atoms with E-state index in [1.165, 1.54) is 30.6 Å². The minimum Gasteiger partial charge on any atom is -0.453 e. The molecule has 0 saturated heterocycles. The topological polar surface area (TPSA) is 121 Å². The molecule has 0 aliphatic rings. The van der Waals surface area contributed by atoms with E-state index in [4.69, 9.17) is 22.1 Å². The second-order valence-corrected chi connectivity index (χ2v) is 7.40. The maximum absolute atomic E-state index is 14.6. The number of nitrogens with two attached hydrogens (primary N) is 1. The Hall–Kier alpha value is -4.26. The van der Waals surface area contributed by atoms with Gasteiger partial charge in [-0.15, -0.1) is 0 Å². The molecule has 0 fully saturated rings. The number of nitrogens with zero attached hydrogens (tertiary/aromatic N) is 5. The van der Waals surface area contributed by atoms with Crippen LogP contribution >= 0.6 is 11.6 Å². The van der Waals surface area contributed by atoms with Crippen LogP contribution in [-0.2, 0) is 6.18 Å². The zero-order chi connectivity index (χ0) is 25.3. The Morgan fingerprint density at radius 2 is 1.89 bits per heavy atom. The molecule has 180 valence electrons. The highest BCUT2D eigenvalue weighted by atomic mass is 35.5. The van der Waals surface area contributed by atoms with Crippen LogP contribution in [-0.4, -0.2) is 30.6 Å². The van der Waals surface area contributed by atoms with Crippen molar-refractivity contribution in [3.8, 4) is 17.4 Å². The molecule has 0 saturated carbocycles. The van der Waals surface area contributed by atoms with Crippen molar-refractivity contribution in [2.45, 2.75) is 13.1 Å². The van der Waals surface area contributed by atoms with Crippen molar-refractivity contribution in [3.63, 3.8) is 0 Å². The fraction of sp³-hybridized carbons (Fsp3) is 0.0952. The molecule has 14 heteroatoms. The van der Waals surface area contributed by atoms with Crippen LogP contribution in [0.2, 0.25) is 5.02 Å². The number of nitrogens with one attached hydrogen (secondary N) is 1. The van der Waals surface area contributed by atoms with E-state index >= 15 is 0 Å². The van der Waals surface area contributed by atoms with E-state index in [9.17, 15) is 22.4 Å². The first-order valence-corrected chi connectivity index (χ1v) is 10.1. The van der Waals surface area contributed by atoms with Crippen molar-refractivity contribution in [3.05, 3.63) is 76.7 Å². The lowest BCUT2D eigenvalue weighted by Crippen LogP contribution is -2.21. The number of halogens is 5. The monoisotopic (exact) mass is 507 g/mol. The number of carbonyl (C=O) groups is 1. The summed E-state index contributed by atoms with van der Waals surface area (Å²) in [6, 6.07) is 6.12. The second-order valence-electron chi connectivity index (χ2n) is 7.02. The predicted molar refractivity (Wildman–Crippen MR) is 117 cm³/mol. The molecule has 0 aliphatic heterocycles. The summed E-state index contributed by atoms with van der Waals surface area (Å²) in [5, 5.41) is 5.82. The van der Waals surface area contributed by atoms with Crippen LogP contribution in [0.5, 0.6) is 11.5 Å². The number of nitrogen functional groups attached to an aromatic ring is 1. The van der Waals surface area contributed by atoms with Gasteiger partial charge in [0.05, 0.1) is 11.8 Å². The van der Waals surface area contributed by atoms with Crippen molar-refractivity contribution in [2.24, 2.45) is 0 Å². The van der Waals surface area contributed by atoms with Crippen molar-refractivity contribution in [1.29, 1.82) is 0 Å². The Kier molecular flexibility index (Phi) is 6.26. The van der Waals surface area contributed by atoms with Crippen molar-refractivity contribution < 1.29 is 27.1 Å². The summed E-state index contributed by atoms with van der Waals surface area (Å²) in [6.45, 7) is 1.56. The molecular formula is C21H14ClF4N7O2. The van der Waals surface area contributed by atoms with Gasteiger partial charge in [0.2, 0.25) is 0 Å². The molecule has 0 aliphatic carbocycles. The number of rotatable bonds is 5. The Morgan fingerprint density at radius 3 is 2.57 bits per heavy atom. The van der Waals surface area contributed by atoms with E-state index in [1.807, 2.05) is 0 Å². The first-order chi connectivity index (χ1) is 16.5. The van der Waals surface area contributed by atoms with E-state index in [1.54, 1.807) is 6.92 Å². The molecule has 4 aromatic rings. The number of pyridine rings is 1. The minimum atomic E-state index is -4.97. The Morgan fingerprint density at radius 1 is 1.14 bits per heavy atom. The Balaban J connectivity index is 1.60. The molecule has 0 bridgehead atoms.